The number of quaternary nitrogens is 1. The Kier molecular flexibility index (Phi) is 48.9. The van der Waals surface area contributed by atoms with Crippen molar-refractivity contribution in [2.75, 3.05) is 47.5 Å². The van der Waals surface area contributed by atoms with E-state index in [2.05, 4.69) is 26.0 Å². The molecule has 0 aromatic heterocycles. The highest BCUT2D eigenvalue weighted by molar-refractivity contribution is 5.70. The van der Waals surface area contributed by atoms with Crippen LogP contribution in [0.1, 0.15) is 284 Å². The highest BCUT2D eigenvalue weighted by Gasteiger charge is 2.22. The summed E-state index contributed by atoms with van der Waals surface area (Å²) in [6.45, 7) is 4.75. The van der Waals surface area contributed by atoms with Crippen LogP contribution in [-0.2, 0) is 33.3 Å². The number of nitrogens with zero attached hydrogens (tertiary/aromatic N) is 1. The van der Waals surface area contributed by atoms with E-state index in [1.807, 2.05) is 21.1 Å². The molecule has 0 aromatic carbocycles. The fraction of sp³-hybridized carbons (Fsp3) is 0.914. The van der Waals surface area contributed by atoms with Crippen LogP contribution in [-0.4, -0.2) is 82.3 Å². The molecule has 2 atom stereocenters. The fourth-order valence-electron chi connectivity index (χ4n) is 8.53. The van der Waals surface area contributed by atoms with E-state index in [1.165, 1.54) is 199 Å². The average molecular weight is 951 g/mol. The van der Waals surface area contributed by atoms with E-state index < -0.39 is 24.3 Å². The van der Waals surface area contributed by atoms with Gasteiger partial charge in [-0.25, -0.2) is 0 Å². The van der Waals surface area contributed by atoms with Gasteiger partial charge in [0.15, 0.2) is 12.4 Å². The average Bonchev–Trinajstić information content (AvgIpc) is 3.29. The van der Waals surface area contributed by atoms with Gasteiger partial charge in [-0.2, -0.15) is 0 Å². The first-order valence-electron chi connectivity index (χ1n) is 28.8. The molecule has 0 fully saturated rings. The van der Waals surface area contributed by atoms with Crippen molar-refractivity contribution in [2.45, 2.75) is 296 Å². The molecule has 0 rings (SSSR count). The summed E-state index contributed by atoms with van der Waals surface area (Å²) in [5.41, 5.74) is 0. The topological polar surface area (TPSA) is 111 Å². The van der Waals surface area contributed by atoms with Crippen molar-refractivity contribution < 1.29 is 42.9 Å². The summed E-state index contributed by atoms with van der Waals surface area (Å²) in [5, 5.41) is 11.7. The summed E-state index contributed by atoms with van der Waals surface area (Å²) in [4.78, 5) is 37.1. The molecule has 9 heteroatoms. The van der Waals surface area contributed by atoms with Gasteiger partial charge in [0.25, 0.3) is 0 Å². The maximum atomic E-state index is 12.8. The normalized spacial score (nSPS) is 12.8. The van der Waals surface area contributed by atoms with Gasteiger partial charge in [-0.15, -0.1) is 0 Å². The molecule has 2 unspecified atom stereocenters. The summed E-state index contributed by atoms with van der Waals surface area (Å²) >= 11 is 0. The Hall–Kier alpha value is -1.97. The zero-order valence-corrected chi connectivity index (χ0v) is 45.0. The molecule has 0 saturated heterocycles. The van der Waals surface area contributed by atoms with Gasteiger partial charge in [0.1, 0.15) is 13.2 Å². The molecule has 0 radical (unpaired) electrons. The zero-order valence-electron chi connectivity index (χ0n) is 45.0. The van der Waals surface area contributed by atoms with Crippen molar-refractivity contribution in [3.8, 4) is 0 Å². The van der Waals surface area contributed by atoms with Crippen molar-refractivity contribution >= 4 is 17.9 Å². The number of ether oxygens (including phenoxy) is 4. The Morgan fingerprint density at radius 1 is 0.433 bits per heavy atom. The molecule has 0 saturated carbocycles. The Morgan fingerprint density at radius 2 is 0.761 bits per heavy atom. The van der Waals surface area contributed by atoms with Crippen molar-refractivity contribution in [1.29, 1.82) is 0 Å². The van der Waals surface area contributed by atoms with E-state index >= 15 is 0 Å². The fourth-order valence-corrected chi connectivity index (χ4v) is 8.53. The van der Waals surface area contributed by atoms with Crippen molar-refractivity contribution in [2.24, 2.45) is 0 Å². The van der Waals surface area contributed by atoms with Gasteiger partial charge in [0.05, 0.1) is 40.3 Å². The number of unbranched alkanes of at least 4 members (excludes halogenated alkanes) is 37. The van der Waals surface area contributed by atoms with Gasteiger partial charge in [-0.05, 0) is 38.5 Å². The molecular weight excluding hydrogens is 839 g/mol. The number of allylic oxidation sites excluding steroid dienone is 2. The smallest absolute Gasteiger partial charge is 0.306 e. The Labute approximate surface area is 415 Å². The van der Waals surface area contributed by atoms with E-state index in [-0.39, 0.29) is 32.2 Å². The number of carbonyl (C=O) groups is 3. The number of rotatable bonds is 54. The third-order valence-corrected chi connectivity index (χ3v) is 13.0. The molecule has 0 aliphatic rings. The molecule has 0 bridgehead atoms. The highest BCUT2D eigenvalue weighted by atomic mass is 16.7. The molecule has 0 aliphatic carbocycles. The van der Waals surface area contributed by atoms with Crippen LogP contribution in [0.2, 0.25) is 0 Å². The highest BCUT2D eigenvalue weighted by Crippen LogP contribution is 2.18. The van der Waals surface area contributed by atoms with Gasteiger partial charge in [0, 0.05) is 12.8 Å². The SMILES string of the molecule is CCCCC/C=C\CCCCCCCC(=O)OC(COC(=O)CCCCCCCCCCCCCCCCCCCCCCCCCCCCCCCC)COC(OCC[N+](C)(C)C)C(=O)[O-]. The van der Waals surface area contributed by atoms with Crippen molar-refractivity contribution in [1.82, 2.24) is 0 Å². The molecular formula is C58H111NO8. The second kappa shape index (κ2) is 50.4. The second-order valence-electron chi connectivity index (χ2n) is 20.9. The van der Waals surface area contributed by atoms with E-state index in [0.29, 0.717) is 23.9 Å². The minimum absolute atomic E-state index is 0.149. The third-order valence-electron chi connectivity index (χ3n) is 13.0. The second-order valence-corrected chi connectivity index (χ2v) is 20.9. The predicted molar refractivity (Wildman–Crippen MR) is 279 cm³/mol. The van der Waals surface area contributed by atoms with Crippen molar-refractivity contribution in [3.05, 3.63) is 12.2 Å². The van der Waals surface area contributed by atoms with E-state index in [1.54, 1.807) is 0 Å². The first kappa shape index (κ1) is 65.0. The number of carboxylic acids is 1. The largest absolute Gasteiger partial charge is 0.545 e. The van der Waals surface area contributed by atoms with Crippen LogP contribution in [0.15, 0.2) is 12.2 Å². The lowest BCUT2D eigenvalue weighted by atomic mass is 10.0. The molecule has 0 spiro atoms. The standard InChI is InChI=1S/C58H111NO8/c1-6-8-10-12-14-16-18-20-21-22-23-24-25-26-27-28-29-30-31-32-33-34-35-36-37-39-40-42-44-46-48-55(60)65-52-54(53-66-58(57(62)63)64-51-50-59(3,4)5)67-56(61)49-47-45-43-41-38-19-17-15-13-11-9-7-2/h15,17,54,58H,6-14,16,18-53H2,1-5H3/b17-15-. The van der Waals surface area contributed by atoms with Crippen molar-refractivity contribution in [3.63, 3.8) is 0 Å². The monoisotopic (exact) mass is 950 g/mol. The zero-order chi connectivity index (χ0) is 49.2. The quantitative estimate of drug-likeness (QED) is 0.0195. The minimum atomic E-state index is -1.62. The van der Waals surface area contributed by atoms with E-state index in [9.17, 15) is 19.5 Å². The number of aliphatic carboxylic acids is 1. The van der Waals surface area contributed by atoms with E-state index in [4.69, 9.17) is 18.9 Å². The lowest BCUT2D eigenvalue weighted by Crippen LogP contribution is -2.44. The molecule has 396 valence electrons. The molecule has 0 N–H and O–H groups in total. The minimum Gasteiger partial charge on any atom is -0.545 e. The number of hydrogen-bond donors (Lipinski definition) is 0. The molecule has 67 heavy (non-hydrogen) atoms. The maximum absolute atomic E-state index is 12.8. The number of hydrogen-bond acceptors (Lipinski definition) is 8. The summed E-state index contributed by atoms with van der Waals surface area (Å²) in [7, 11) is 5.92. The van der Waals surface area contributed by atoms with Gasteiger partial charge < -0.3 is 33.3 Å². The van der Waals surface area contributed by atoms with Crippen LogP contribution in [0.3, 0.4) is 0 Å². The molecule has 0 aromatic rings. The molecule has 0 heterocycles. The van der Waals surface area contributed by atoms with Gasteiger partial charge in [-0.3, -0.25) is 9.59 Å². The van der Waals surface area contributed by atoms with Crippen LogP contribution in [0.5, 0.6) is 0 Å². The summed E-state index contributed by atoms with van der Waals surface area (Å²) in [6.07, 6.45) is 54.3. The summed E-state index contributed by atoms with van der Waals surface area (Å²) in [6, 6.07) is 0. The molecule has 0 aliphatic heterocycles. The number of carbonyl (C=O) groups excluding carboxylic acids is 3. The Morgan fingerprint density at radius 3 is 1.13 bits per heavy atom. The number of carboxylic acid groups (broad SMARTS) is 1. The van der Waals surface area contributed by atoms with Crippen LogP contribution < -0.4 is 5.11 Å². The molecule has 0 amide bonds. The predicted octanol–water partition coefficient (Wildman–Crippen LogP) is 15.2. The van der Waals surface area contributed by atoms with Gasteiger partial charge in [-0.1, -0.05) is 244 Å². The Balaban J connectivity index is 4.02. The number of likely N-dealkylation sites (N-methyl/N-ethyl adjacent to an activating group) is 1. The summed E-state index contributed by atoms with van der Waals surface area (Å²) in [5.74, 6) is -2.28. The lowest BCUT2D eigenvalue weighted by Gasteiger charge is -2.26. The molecule has 9 nitrogen and oxygen atoms in total. The van der Waals surface area contributed by atoms with Crippen LogP contribution in [0, 0.1) is 0 Å². The maximum Gasteiger partial charge on any atom is 0.306 e. The van der Waals surface area contributed by atoms with Crippen LogP contribution >= 0.6 is 0 Å². The first-order chi connectivity index (χ1) is 32.6. The third kappa shape index (κ3) is 51.7. The van der Waals surface area contributed by atoms with Crippen LogP contribution in [0.25, 0.3) is 0 Å². The van der Waals surface area contributed by atoms with Gasteiger partial charge >= 0.3 is 11.9 Å². The summed E-state index contributed by atoms with van der Waals surface area (Å²) < 4.78 is 22.6. The lowest BCUT2D eigenvalue weighted by molar-refractivity contribution is -0.870. The van der Waals surface area contributed by atoms with Crippen LogP contribution in [0.4, 0.5) is 0 Å². The van der Waals surface area contributed by atoms with Gasteiger partial charge in [0.2, 0.25) is 0 Å². The van der Waals surface area contributed by atoms with E-state index in [0.717, 1.165) is 51.4 Å². The number of esters is 2. The Bertz CT molecular complexity index is 1110. The first-order valence-corrected chi connectivity index (χ1v) is 28.8.